The Morgan fingerprint density at radius 2 is 2.21 bits per heavy atom. The molecule has 19 heavy (non-hydrogen) atoms. The lowest BCUT2D eigenvalue weighted by atomic mass is 9.84. The predicted molar refractivity (Wildman–Crippen MR) is 78.4 cm³/mol. The van der Waals surface area contributed by atoms with Crippen molar-refractivity contribution < 1.29 is 9.90 Å². The lowest BCUT2D eigenvalue weighted by molar-refractivity contribution is -0.146. The lowest BCUT2D eigenvalue weighted by Crippen LogP contribution is -2.55. The Balaban J connectivity index is 2.62. The van der Waals surface area contributed by atoms with E-state index in [1.807, 2.05) is 6.92 Å². The lowest BCUT2D eigenvalue weighted by Gasteiger charge is -2.34. The second-order valence-electron chi connectivity index (χ2n) is 5.92. The zero-order chi connectivity index (χ0) is 14.5. The molecule has 1 aliphatic rings. The highest BCUT2D eigenvalue weighted by Gasteiger charge is 2.48. The van der Waals surface area contributed by atoms with Gasteiger partial charge in [-0.05, 0) is 58.7 Å². The number of aliphatic carboxylic acids is 1. The molecule has 4 nitrogen and oxygen atoms in total. The second-order valence-corrected chi connectivity index (χ2v) is 5.92. The summed E-state index contributed by atoms with van der Waals surface area (Å²) in [6, 6.07) is 0.569. The van der Waals surface area contributed by atoms with Gasteiger partial charge in [-0.3, -0.25) is 4.79 Å². The SMILES string of the molecule is CCNC1(C(=O)O)CCCC1CCN(C)C(C)CC. The fourth-order valence-corrected chi connectivity index (χ4v) is 3.27. The van der Waals surface area contributed by atoms with Gasteiger partial charge in [-0.15, -0.1) is 0 Å². The Bertz CT molecular complexity index is 296. The second kappa shape index (κ2) is 7.25. The van der Waals surface area contributed by atoms with Crippen molar-refractivity contribution in [2.75, 3.05) is 20.1 Å². The molecule has 1 aliphatic carbocycles. The van der Waals surface area contributed by atoms with E-state index in [-0.39, 0.29) is 5.92 Å². The fourth-order valence-electron chi connectivity index (χ4n) is 3.27. The van der Waals surface area contributed by atoms with Gasteiger partial charge < -0.3 is 15.3 Å². The van der Waals surface area contributed by atoms with Gasteiger partial charge in [0.25, 0.3) is 0 Å². The van der Waals surface area contributed by atoms with Crippen LogP contribution in [0.1, 0.15) is 52.9 Å². The van der Waals surface area contributed by atoms with Gasteiger partial charge in [0, 0.05) is 6.04 Å². The van der Waals surface area contributed by atoms with Gasteiger partial charge in [0.2, 0.25) is 0 Å². The van der Waals surface area contributed by atoms with Crippen molar-refractivity contribution in [3.63, 3.8) is 0 Å². The molecule has 0 amide bonds. The highest BCUT2D eigenvalue weighted by atomic mass is 16.4. The number of carboxylic acid groups (broad SMARTS) is 1. The van der Waals surface area contributed by atoms with Gasteiger partial charge in [0.1, 0.15) is 5.54 Å². The van der Waals surface area contributed by atoms with Crippen LogP contribution in [0.5, 0.6) is 0 Å². The Labute approximate surface area is 117 Å². The third kappa shape index (κ3) is 3.69. The molecule has 3 unspecified atom stereocenters. The average molecular weight is 270 g/mol. The molecular formula is C15H30N2O2. The quantitative estimate of drug-likeness (QED) is 0.711. The standard InChI is InChI=1S/C15H30N2O2/c1-5-12(3)17(4)11-9-13-8-7-10-15(13,14(18)19)16-6-2/h12-13,16H,5-11H2,1-4H3,(H,18,19). The highest BCUT2D eigenvalue weighted by Crippen LogP contribution is 2.38. The fraction of sp³-hybridized carbons (Fsp3) is 0.933. The Kier molecular flexibility index (Phi) is 6.27. The van der Waals surface area contributed by atoms with Crippen molar-refractivity contribution in [1.82, 2.24) is 10.2 Å². The van der Waals surface area contributed by atoms with Crippen LogP contribution in [-0.2, 0) is 4.79 Å². The number of nitrogens with one attached hydrogen (secondary N) is 1. The molecule has 1 saturated carbocycles. The number of hydrogen-bond donors (Lipinski definition) is 2. The number of carbonyl (C=O) groups is 1. The van der Waals surface area contributed by atoms with Crippen LogP contribution in [0.4, 0.5) is 0 Å². The van der Waals surface area contributed by atoms with Gasteiger partial charge in [-0.2, -0.15) is 0 Å². The molecule has 0 bridgehead atoms. The summed E-state index contributed by atoms with van der Waals surface area (Å²) in [7, 11) is 2.14. The van der Waals surface area contributed by atoms with E-state index in [0.717, 1.165) is 45.2 Å². The molecule has 1 fully saturated rings. The molecule has 2 N–H and O–H groups in total. The smallest absolute Gasteiger partial charge is 0.324 e. The normalized spacial score (nSPS) is 28.8. The van der Waals surface area contributed by atoms with Gasteiger partial charge >= 0.3 is 5.97 Å². The topological polar surface area (TPSA) is 52.6 Å². The third-order valence-corrected chi connectivity index (χ3v) is 4.87. The molecule has 0 saturated heterocycles. The van der Waals surface area contributed by atoms with E-state index in [1.165, 1.54) is 0 Å². The van der Waals surface area contributed by atoms with Crippen molar-refractivity contribution in [3.05, 3.63) is 0 Å². The summed E-state index contributed by atoms with van der Waals surface area (Å²) in [5.74, 6) is -0.403. The Morgan fingerprint density at radius 3 is 2.74 bits per heavy atom. The number of carboxylic acids is 1. The summed E-state index contributed by atoms with van der Waals surface area (Å²) in [6.07, 6.45) is 4.94. The molecule has 1 rings (SSSR count). The number of likely N-dealkylation sites (N-methyl/N-ethyl adjacent to an activating group) is 1. The largest absolute Gasteiger partial charge is 0.480 e. The minimum absolute atomic E-state index is 0.261. The first-order valence-corrected chi connectivity index (χ1v) is 7.66. The van der Waals surface area contributed by atoms with E-state index < -0.39 is 11.5 Å². The van der Waals surface area contributed by atoms with Crippen molar-refractivity contribution in [3.8, 4) is 0 Å². The van der Waals surface area contributed by atoms with Crippen LogP contribution in [0.3, 0.4) is 0 Å². The molecule has 0 aromatic heterocycles. The van der Waals surface area contributed by atoms with Crippen LogP contribution >= 0.6 is 0 Å². The maximum atomic E-state index is 11.7. The Morgan fingerprint density at radius 1 is 1.53 bits per heavy atom. The first kappa shape index (κ1) is 16.4. The van der Waals surface area contributed by atoms with Crippen LogP contribution in [0.2, 0.25) is 0 Å². The summed E-state index contributed by atoms with van der Waals surface area (Å²) in [5.41, 5.74) is -0.676. The van der Waals surface area contributed by atoms with Gasteiger partial charge in [0.05, 0.1) is 0 Å². The molecule has 4 heteroatoms. The monoisotopic (exact) mass is 270 g/mol. The zero-order valence-corrected chi connectivity index (χ0v) is 12.9. The number of rotatable bonds is 8. The summed E-state index contributed by atoms with van der Waals surface area (Å²) < 4.78 is 0. The van der Waals surface area contributed by atoms with Crippen molar-refractivity contribution in [2.24, 2.45) is 5.92 Å². The molecule has 0 aromatic rings. The Hall–Kier alpha value is -0.610. The third-order valence-electron chi connectivity index (χ3n) is 4.87. The van der Waals surface area contributed by atoms with E-state index in [1.54, 1.807) is 0 Å². The molecule has 3 atom stereocenters. The molecule has 0 aliphatic heterocycles. The molecule has 0 radical (unpaired) electrons. The maximum Gasteiger partial charge on any atom is 0.324 e. The van der Waals surface area contributed by atoms with E-state index in [9.17, 15) is 9.90 Å². The first-order valence-electron chi connectivity index (χ1n) is 7.66. The number of nitrogens with zero attached hydrogens (tertiary/aromatic N) is 1. The van der Waals surface area contributed by atoms with Gasteiger partial charge in [-0.1, -0.05) is 20.3 Å². The summed E-state index contributed by atoms with van der Waals surface area (Å²) >= 11 is 0. The molecule has 0 heterocycles. The molecule has 0 aromatic carbocycles. The first-order chi connectivity index (χ1) is 8.97. The van der Waals surface area contributed by atoms with Crippen LogP contribution < -0.4 is 5.32 Å². The molecule has 112 valence electrons. The highest BCUT2D eigenvalue weighted by molar-refractivity contribution is 5.79. The van der Waals surface area contributed by atoms with Crippen LogP contribution in [0.15, 0.2) is 0 Å². The predicted octanol–water partition coefficient (Wildman–Crippen LogP) is 2.34. The zero-order valence-electron chi connectivity index (χ0n) is 12.9. The van der Waals surface area contributed by atoms with Crippen molar-refractivity contribution >= 4 is 5.97 Å². The minimum atomic E-state index is -0.676. The van der Waals surface area contributed by atoms with E-state index in [0.29, 0.717) is 6.04 Å². The van der Waals surface area contributed by atoms with E-state index in [2.05, 4.69) is 31.1 Å². The van der Waals surface area contributed by atoms with E-state index in [4.69, 9.17) is 0 Å². The summed E-state index contributed by atoms with van der Waals surface area (Å²) in [5, 5.41) is 12.9. The van der Waals surface area contributed by atoms with E-state index >= 15 is 0 Å². The van der Waals surface area contributed by atoms with Gasteiger partial charge in [0.15, 0.2) is 0 Å². The van der Waals surface area contributed by atoms with Gasteiger partial charge in [-0.25, -0.2) is 0 Å². The van der Waals surface area contributed by atoms with Crippen molar-refractivity contribution in [1.29, 1.82) is 0 Å². The molecule has 0 spiro atoms. The summed E-state index contributed by atoms with van der Waals surface area (Å²) in [6.45, 7) is 8.12. The van der Waals surface area contributed by atoms with Crippen molar-refractivity contribution in [2.45, 2.75) is 64.5 Å². The van der Waals surface area contributed by atoms with Crippen LogP contribution in [0.25, 0.3) is 0 Å². The number of hydrogen-bond acceptors (Lipinski definition) is 3. The maximum absolute atomic E-state index is 11.7. The summed E-state index contributed by atoms with van der Waals surface area (Å²) in [4.78, 5) is 14.0. The molecular weight excluding hydrogens is 240 g/mol. The van der Waals surface area contributed by atoms with Crippen LogP contribution in [0, 0.1) is 5.92 Å². The average Bonchev–Trinajstić information content (AvgIpc) is 2.79. The van der Waals surface area contributed by atoms with Crippen LogP contribution in [-0.4, -0.2) is 47.7 Å². The minimum Gasteiger partial charge on any atom is -0.480 e.